The second-order valence-electron chi connectivity index (χ2n) is 13.5. The van der Waals surface area contributed by atoms with Crippen LogP contribution in [0.4, 0.5) is 0 Å². The van der Waals surface area contributed by atoms with Gasteiger partial charge in [0.05, 0.1) is 20.8 Å². The first-order valence-electron chi connectivity index (χ1n) is 18.0. The van der Waals surface area contributed by atoms with Crippen LogP contribution in [0.25, 0.3) is 83.7 Å². The largest absolute Gasteiger partial charge is 0.292 e. The van der Waals surface area contributed by atoms with Gasteiger partial charge in [-0.2, -0.15) is 0 Å². The molecular weight excluding hydrogens is 681 g/mol. The van der Waals surface area contributed by atoms with Crippen LogP contribution < -0.4 is 0 Å². The van der Waals surface area contributed by atoms with Gasteiger partial charge in [-0.15, -0.1) is 0 Å². The first kappa shape index (κ1) is 31.9. The van der Waals surface area contributed by atoms with Crippen LogP contribution in [0.15, 0.2) is 204 Å². The molecule has 0 atom stereocenters. The van der Waals surface area contributed by atoms with Gasteiger partial charge in [0.25, 0.3) is 0 Å². The van der Waals surface area contributed by atoms with Gasteiger partial charge in [-0.1, -0.05) is 152 Å². The van der Waals surface area contributed by atoms with Gasteiger partial charge in [-0.05, 0) is 87.0 Å². The number of aromatic nitrogens is 2. The van der Waals surface area contributed by atoms with E-state index in [4.69, 9.17) is 4.98 Å². The lowest BCUT2D eigenvalue weighted by molar-refractivity contribution is 0.596. The average molecular weight is 713 g/mol. The number of hydrogen-bond donors (Lipinski definition) is 0. The van der Waals surface area contributed by atoms with E-state index in [1.807, 2.05) is 91.0 Å². The van der Waals surface area contributed by atoms with E-state index in [1.54, 1.807) is 18.2 Å². The van der Waals surface area contributed by atoms with Gasteiger partial charge in [-0.25, -0.2) is 13.4 Å². The highest BCUT2D eigenvalue weighted by molar-refractivity contribution is 7.91. The van der Waals surface area contributed by atoms with Crippen molar-refractivity contribution >= 4 is 20.9 Å². The second kappa shape index (κ2) is 12.7. The number of imidazole rings is 1. The zero-order valence-electron chi connectivity index (χ0n) is 29.1. The summed E-state index contributed by atoms with van der Waals surface area (Å²) in [5.74, 6) is 0.867. The van der Waals surface area contributed by atoms with E-state index < -0.39 is 9.84 Å². The number of rotatable bonds is 3. The molecule has 0 amide bonds. The summed E-state index contributed by atoms with van der Waals surface area (Å²) in [5, 5.41) is 0. The molecule has 0 saturated heterocycles. The lowest BCUT2D eigenvalue weighted by Crippen LogP contribution is -2.06. The van der Waals surface area contributed by atoms with Gasteiger partial charge >= 0.3 is 0 Å². The predicted molar refractivity (Wildman–Crippen MR) is 219 cm³/mol. The molecule has 0 fully saturated rings. The number of sulfone groups is 1. The third-order valence-electron chi connectivity index (χ3n) is 10.4. The molecule has 0 bridgehead atoms. The van der Waals surface area contributed by atoms with Gasteiger partial charge < -0.3 is 0 Å². The SMILES string of the molecule is O=S1(=O)c2ccccc2-c2ccccc2-c2ccccc2-c2ccc(-c3ccc4c(c3)nc(-c3ccccc3)n4-c3ccccc3)cc2-c2ccccc21. The summed E-state index contributed by atoms with van der Waals surface area (Å²) in [7, 11) is -3.96. The van der Waals surface area contributed by atoms with Crippen LogP contribution in [0.5, 0.6) is 0 Å². The highest BCUT2D eigenvalue weighted by Gasteiger charge is 2.29. The standard InChI is InChI=1S/C49H32N2O2S/c52-54(53)47-25-13-11-23-42(47)40-22-10-9-20-38(40)37-19-7-8-21-39(37)41-29-27-34(31-44(41)43-24-12-14-26-48(43)54)35-28-30-46-45(32-35)50-49(33-15-3-1-4-16-33)51(46)36-17-5-2-6-18-36/h1-32H. The van der Waals surface area contributed by atoms with Gasteiger partial charge in [0.2, 0.25) is 9.84 Å². The summed E-state index contributed by atoms with van der Waals surface area (Å²) < 4.78 is 32.0. The molecule has 0 saturated carbocycles. The number of fused-ring (bicyclic) bond motifs is 10. The Labute approximate surface area is 314 Å². The lowest BCUT2D eigenvalue weighted by Gasteiger charge is -2.18. The number of para-hydroxylation sites is 1. The van der Waals surface area contributed by atoms with E-state index in [0.717, 1.165) is 72.6 Å². The fourth-order valence-electron chi connectivity index (χ4n) is 7.93. The van der Waals surface area contributed by atoms with Crippen LogP contribution in [0, 0.1) is 0 Å². The summed E-state index contributed by atoms with van der Waals surface area (Å²) in [5.41, 5.74) is 13.0. The van der Waals surface area contributed by atoms with Crippen LogP contribution in [0.2, 0.25) is 0 Å². The lowest BCUT2D eigenvalue weighted by atomic mass is 9.85. The normalized spacial score (nSPS) is 12.7. The molecule has 256 valence electrons. The minimum atomic E-state index is -3.96. The Balaban J connectivity index is 1.24. The maximum absolute atomic E-state index is 14.9. The number of hydrogen-bond acceptors (Lipinski definition) is 3. The summed E-state index contributed by atoms with van der Waals surface area (Å²) >= 11 is 0. The van der Waals surface area contributed by atoms with Crippen molar-refractivity contribution in [1.82, 2.24) is 9.55 Å². The molecule has 1 aromatic heterocycles. The maximum Gasteiger partial charge on any atom is 0.207 e. The Kier molecular flexibility index (Phi) is 7.49. The summed E-state index contributed by atoms with van der Waals surface area (Å²) in [6.45, 7) is 0. The van der Waals surface area contributed by atoms with Crippen molar-refractivity contribution < 1.29 is 8.42 Å². The molecule has 8 aromatic carbocycles. The van der Waals surface area contributed by atoms with Crippen molar-refractivity contribution in [1.29, 1.82) is 0 Å². The van der Waals surface area contributed by atoms with Crippen molar-refractivity contribution in [2.45, 2.75) is 9.79 Å². The van der Waals surface area contributed by atoms with Gasteiger partial charge in [0.15, 0.2) is 0 Å². The van der Waals surface area contributed by atoms with Gasteiger partial charge in [0, 0.05) is 22.4 Å². The third-order valence-corrected chi connectivity index (χ3v) is 12.3. The molecule has 54 heavy (non-hydrogen) atoms. The van der Waals surface area contributed by atoms with Gasteiger partial charge in [-0.3, -0.25) is 4.57 Å². The third kappa shape index (κ3) is 5.12. The van der Waals surface area contributed by atoms with E-state index in [2.05, 4.69) is 89.5 Å². The van der Waals surface area contributed by atoms with Crippen LogP contribution >= 0.6 is 0 Å². The van der Waals surface area contributed by atoms with Crippen molar-refractivity contribution in [3.05, 3.63) is 194 Å². The zero-order chi connectivity index (χ0) is 36.2. The Morgan fingerprint density at radius 1 is 0.370 bits per heavy atom. The number of nitrogens with zero attached hydrogens (tertiary/aromatic N) is 2. The quantitative estimate of drug-likeness (QED) is 0.183. The fourth-order valence-corrected chi connectivity index (χ4v) is 9.62. The zero-order valence-corrected chi connectivity index (χ0v) is 29.9. The summed E-state index contributed by atoms with van der Waals surface area (Å²) in [4.78, 5) is 5.77. The molecule has 0 spiro atoms. The topological polar surface area (TPSA) is 52.0 Å². The Bertz CT molecular complexity index is 3000. The Hall–Kier alpha value is -6.82. The molecule has 0 radical (unpaired) electrons. The van der Waals surface area contributed by atoms with Crippen LogP contribution in [0.1, 0.15) is 0 Å². The van der Waals surface area contributed by atoms with E-state index in [0.29, 0.717) is 11.1 Å². The first-order valence-corrected chi connectivity index (χ1v) is 19.4. The highest BCUT2D eigenvalue weighted by Crippen LogP contribution is 2.47. The molecule has 0 unspecified atom stereocenters. The van der Waals surface area contributed by atoms with Crippen LogP contribution in [-0.2, 0) is 9.84 Å². The molecule has 1 aliphatic heterocycles. The Morgan fingerprint density at radius 2 is 0.815 bits per heavy atom. The number of benzene rings is 8. The molecular formula is C49H32N2O2S. The van der Waals surface area contributed by atoms with Crippen LogP contribution in [-0.4, -0.2) is 18.0 Å². The minimum absolute atomic E-state index is 0.275. The van der Waals surface area contributed by atoms with E-state index in [1.165, 1.54) is 0 Å². The molecule has 10 rings (SSSR count). The van der Waals surface area contributed by atoms with Crippen LogP contribution in [0.3, 0.4) is 0 Å². The van der Waals surface area contributed by atoms with E-state index in [-0.39, 0.29) is 9.79 Å². The van der Waals surface area contributed by atoms with Crippen molar-refractivity contribution in [2.24, 2.45) is 0 Å². The summed E-state index contributed by atoms with van der Waals surface area (Å²) in [6, 6.07) is 64.6. The van der Waals surface area contributed by atoms with Crippen molar-refractivity contribution in [3.63, 3.8) is 0 Å². The van der Waals surface area contributed by atoms with E-state index >= 15 is 0 Å². The molecule has 4 nitrogen and oxygen atoms in total. The molecule has 1 aliphatic rings. The smallest absolute Gasteiger partial charge is 0.207 e. The summed E-state index contributed by atoms with van der Waals surface area (Å²) in [6.07, 6.45) is 0. The first-order chi connectivity index (χ1) is 26.6. The monoisotopic (exact) mass is 712 g/mol. The molecule has 0 aliphatic carbocycles. The molecule has 5 heteroatoms. The van der Waals surface area contributed by atoms with Gasteiger partial charge in [0.1, 0.15) is 5.82 Å². The van der Waals surface area contributed by atoms with Crippen molar-refractivity contribution in [2.75, 3.05) is 0 Å². The molecule has 9 aromatic rings. The second-order valence-corrected chi connectivity index (χ2v) is 15.4. The van der Waals surface area contributed by atoms with Crippen molar-refractivity contribution in [3.8, 4) is 72.7 Å². The average Bonchev–Trinajstić information content (AvgIpc) is 3.63. The maximum atomic E-state index is 14.9. The molecule has 2 heterocycles. The molecule has 0 N–H and O–H groups in total. The fraction of sp³-hybridized carbons (Fsp3) is 0. The van der Waals surface area contributed by atoms with E-state index in [9.17, 15) is 8.42 Å². The minimum Gasteiger partial charge on any atom is -0.292 e. The predicted octanol–water partition coefficient (Wildman–Crippen LogP) is 12.2. The Morgan fingerprint density at radius 3 is 1.43 bits per heavy atom. The highest BCUT2D eigenvalue weighted by atomic mass is 32.2.